The Hall–Kier alpha value is -7.76. The highest BCUT2D eigenvalue weighted by atomic mass is 16.5. The van der Waals surface area contributed by atoms with Gasteiger partial charge in [0.05, 0.1) is 12.5 Å². The average molecular weight is 841 g/mol. The molecule has 0 radical (unpaired) electrons. The van der Waals surface area contributed by atoms with Crippen molar-refractivity contribution in [2.24, 2.45) is 0 Å². The molecule has 7 rings (SSSR count). The summed E-state index contributed by atoms with van der Waals surface area (Å²) in [6, 6.07) is 33.8. The molecular formula is C44H48N12O6. The van der Waals surface area contributed by atoms with Crippen LogP contribution >= 0.6 is 0 Å². The number of aromatic hydroxyl groups is 1. The van der Waals surface area contributed by atoms with E-state index in [0.29, 0.717) is 87.2 Å². The Balaban J connectivity index is 1.14. The maximum absolute atomic E-state index is 11.4. The first-order valence-corrected chi connectivity index (χ1v) is 20.3. The van der Waals surface area contributed by atoms with E-state index in [0.717, 1.165) is 16.9 Å². The van der Waals surface area contributed by atoms with Crippen LogP contribution in [0, 0.1) is 0 Å². The van der Waals surface area contributed by atoms with E-state index >= 15 is 0 Å². The number of carboxylic acid groups (broad SMARTS) is 2. The number of nitrogens with one attached hydrogen (secondary N) is 4. The first-order valence-electron chi connectivity index (χ1n) is 20.3. The summed E-state index contributed by atoms with van der Waals surface area (Å²) in [6.07, 6.45) is 1.55. The lowest BCUT2D eigenvalue weighted by Crippen LogP contribution is -2.55. The second kappa shape index (κ2) is 21.0. The van der Waals surface area contributed by atoms with Crippen molar-refractivity contribution >= 4 is 53.3 Å². The van der Waals surface area contributed by atoms with E-state index in [1.165, 1.54) is 0 Å². The number of para-hydroxylation sites is 1. The molecule has 6 aromatic rings. The molecule has 320 valence electrons. The summed E-state index contributed by atoms with van der Waals surface area (Å²) in [5, 5.41) is 41.0. The third-order valence-electron chi connectivity index (χ3n) is 9.78. The molecule has 0 bridgehead atoms. The number of ether oxygens (including phenoxy) is 1. The number of piperazine rings is 1. The smallest absolute Gasteiger partial charge is 0.305 e. The zero-order chi connectivity index (χ0) is 43.1. The molecule has 7 N–H and O–H groups in total. The number of hydrogen-bond acceptors (Lipinski definition) is 16. The van der Waals surface area contributed by atoms with Crippen molar-refractivity contribution in [3.05, 3.63) is 120 Å². The van der Waals surface area contributed by atoms with Gasteiger partial charge in [0, 0.05) is 51.4 Å². The van der Waals surface area contributed by atoms with Gasteiger partial charge in [0.2, 0.25) is 35.7 Å². The highest BCUT2D eigenvalue weighted by molar-refractivity contribution is 5.67. The molecule has 0 amide bonds. The summed E-state index contributed by atoms with van der Waals surface area (Å²) in [6.45, 7) is 2.41. The summed E-state index contributed by atoms with van der Waals surface area (Å²) in [5.74, 6) is 1.77. The van der Waals surface area contributed by atoms with Gasteiger partial charge in [-0.25, -0.2) is 0 Å². The number of nitrogens with zero attached hydrogens (tertiary/aromatic N) is 8. The van der Waals surface area contributed by atoms with Crippen molar-refractivity contribution in [2.75, 3.05) is 70.3 Å². The van der Waals surface area contributed by atoms with Gasteiger partial charge in [-0.15, -0.1) is 0 Å². The van der Waals surface area contributed by atoms with E-state index in [2.05, 4.69) is 53.2 Å². The normalized spacial score (nSPS) is 13.6. The van der Waals surface area contributed by atoms with Crippen LogP contribution in [0.5, 0.6) is 17.2 Å². The van der Waals surface area contributed by atoms with Gasteiger partial charge in [0.25, 0.3) is 0 Å². The number of carboxylic acids is 2. The Kier molecular flexibility index (Phi) is 14.3. The zero-order valence-corrected chi connectivity index (χ0v) is 33.9. The highest BCUT2D eigenvalue weighted by Gasteiger charge is 2.32. The molecule has 1 unspecified atom stereocenters. The van der Waals surface area contributed by atoms with Crippen LogP contribution in [0.25, 0.3) is 0 Å². The number of aliphatic carboxylic acids is 2. The second-order valence-electron chi connectivity index (χ2n) is 14.5. The monoisotopic (exact) mass is 840 g/mol. The molecule has 1 aliphatic heterocycles. The van der Waals surface area contributed by atoms with E-state index < -0.39 is 11.9 Å². The van der Waals surface area contributed by atoms with Gasteiger partial charge >= 0.3 is 11.9 Å². The van der Waals surface area contributed by atoms with Crippen LogP contribution in [0.15, 0.2) is 109 Å². The third kappa shape index (κ3) is 12.6. The Morgan fingerprint density at radius 3 is 1.90 bits per heavy atom. The van der Waals surface area contributed by atoms with Gasteiger partial charge in [-0.05, 0) is 78.9 Å². The Bertz CT molecular complexity index is 2380. The average Bonchev–Trinajstić information content (AvgIpc) is 3.27. The molecule has 1 atom stereocenters. The summed E-state index contributed by atoms with van der Waals surface area (Å²) in [5.41, 5.74) is 2.84. The molecule has 0 aliphatic carbocycles. The van der Waals surface area contributed by atoms with Crippen LogP contribution in [0.2, 0.25) is 0 Å². The topological polar surface area (TPSA) is 236 Å². The molecule has 4 aromatic carbocycles. The minimum absolute atomic E-state index is 0.00485. The van der Waals surface area contributed by atoms with Crippen molar-refractivity contribution in [1.29, 1.82) is 0 Å². The fraction of sp³-hybridized carbons (Fsp3) is 0.273. The van der Waals surface area contributed by atoms with Crippen LogP contribution in [-0.4, -0.2) is 102 Å². The van der Waals surface area contributed by atoms with E-state index in [1.807, 2.05) is 84.9 Å². The quantitative estimate of drug-likeness (QED) is 0.0408. The fourth-order valence-corrected chi connectivity index (χ4v) is 6.72. The predicted octanol–water partition coefficient (Wildman–Crippen LogP) is 6.05. The van der Waals surface area contributed by atoms with E-state index in [-0.39, 0.29) is 43.1 Å². The molecule has 3 heterocycles. The summed E-state index contributed by atoms with van der Waals surface area (Å²) < 4.78 is 5.95. The second-order valence-corrected chi connectivity index (χ2v) is 14.5. The lowest BCUT2D eigenvalue weighted by Gasteiger charge is -2.41. The summed E-state index contributed by atoms with van der Waals surface area (Å²) >= 11 is 0. The number of benzene rings is 4. The van der Waals surface area contributed by atoms with Gasteiger partial charge in [-0.1, -0.05) is 60.7 Å². The van der Waals surface area contributed by atoms with Gasteiger partial charge in [-0.3, -0.25) is 9.59 Å². The minimum Gasteiger partial charge on any atom is -0.508 e. The molecule has 0 spiro atoms. The number of aromatic nitrogens is 6. The number of phenols is 1. The molecule has 1 aliphatic rings. The Morgan fingerprint density at radius 1 is 0.613 bits per heavy atom. The van der Waals surface area contributed by atoms with Crippen LogP contribution in [0.1, 0.15) is 30.4 Å². The predicted molar refractivity (Wildman–Crippen MR) is 236 cm³/mol. The lowest BCUT2D eigenvalue weighted by molar-refractivity contribution is -0.137. The minimum atomic E-state index is -0.949. The first-order chi connectivity index (χ1) is 30.2. The summed E-state index contributed by atoms with van der Waals surface area (Å²) in [7, 11) is 0. The van der Waals surface area contributed by atoms with Gasteiger partial charge in [0.1, 0.15) is 17.2 Å². The van der Waals surface area contributed by atoms with Crippen LogP contribution in [0.4, 0.5) is 41.4 Å². The molecular weight excluding hydrogens is 793 g/mol. The van der Waals surface area contributed by atoms with Gasteiger partial charge in [-0.2, -0.15) is 29.9 Å². The SMILES string of the molecule is O=C(O)CCCNc1nc(NCCc2ccc(O)cc2)nc(N2CCN(c3nc(NCCC(=O)O)nc(Nc4ccc(Oc5ccccc5)cc4)n3)CC2Cc2ccccc2)n1. The van der Waals surface area contributed by atoms with Crippen molar-refractivity contribution in [2.45, 2.75) is 38.1 Å². The maximum Gasteiger partial charge on any atom is 0.305 e. The number of anilines is 7. The molecule has 0 saturated carbocycles. The summed E-state index contributed by atoms with van der Waals surface area (Å²) in [4.78, 5) is 55.3. The molecule has 18 nitrogen and oxygen atoms in total. The first kappa shape index (κ1) is 42.4. The lowest BCUT2D eigenvalue weighted by atomic mass is 10.0. The van der Waals surface area contributed by atoms with Gasteiger partial charge in [0.15, 0.2) is 0 Å². The molecule has 1 fully saturated rings. The van der Waals surface area contributed by atoms with Crippen molar-refractivity contribution in [3.63, 3.8) is 0 Å². The number of rotatable bonds is 21. The van der Waals surface area contributed by atoms with Crippen LogP contribution in [-0.2, 0) is 22.4 Å². The van der Waals surface area contributed by atoms with Crippen molar-refractivity contribution in [3.8, 4) is 17.2 Å². The molecule has 62 heavy (non-hydrogen) atoms. The Morgan fingerprint density at radius 2 is 1.21 bits per heavy atom. The Labute approximate surface area is 358 Å². The third-order valence-corrected chi connectivity index (χ3v) is 9.78. The fourth-order valence-electron chi connectivity index (χ4n) is 6.72. The highest BCUT2D eigenvalue weighted by Crippen LogP contribution is 2.28. The number of hydrogen-bond donors (Lipinski definition) is 7. The van der Waals surface area contributed by atoms with Crippen LogP contribution in [0.3, 0.4) is 0 Å². The molecule has 18 heteroatoms. The number of phenolic OH excluding ortho intramolecular Hbond substituents is 1. The number of carbonyl (C=O) groups is 2. The molecule has 2 aromatic heterocycles. The maximum atomic E-state index is 11.4. The molecule has 1 saturated heterocycles. The van der Waals surface area contributed by atoms with E-state index in [4.69, 9.17) is 24.7 Å². The van der Waals surface area contributed by atoms with Crippen molar-refractivity contribution in [1.82, 2.24) is 29.9 Å². The van der Waals surface area contributed by atoms with Crippen molar-refractivity contribution < 1.29 is 29.6 Å². The largest absolute Gasteiger partial charge is 0.508 e. The van der Waals surface area contributed by atoms with E-state index in [9.17, 15) is 24.9 Å². The van der Waals surface area contributed by atoms with Gasteiger partial charge < -0.3 is 51.1 Å². The van der Waals surface area contributed by atoms with Crippen LogP contribution < -0.4 is 35.8 Å². The van der Waals surface area contributed by atoms with E-state index in [1.54, 1.807) is 12.1 Å². The zero-order valence-electron chi connectivity index (χ0n) is 33.9. The standard InChI is InChI=1S/C44H48N12O6/c57-34-17-13-30(14-18-34)21-24-46-40-49-39(45-23-7-12-37(58)59)52-44(53-40)56-27-26-55(29-33(56)28-31-8-3-1-4-9-31)43-51-41(47-25-22-38(60)61)50-42(54-43)48-32-15-19-36(20-16-32)62-35-10-5-2-6-11-35/h1-6,8-11,13-20,33,57H,7,12,21-29H2,(H,58,59)(H,60,61)(H2,45,46,49,52,53)(H2,47,48,50,51,54).